The van der Waals surface area contributed by atoms with Crippen LogP contribution >= 0.6 is 0 Å². The Labute approximate surface area is 149 Å². The summed E-state index contributed by atoms with van der Waals surface area (Å²) < 4.78 is 26.2. The SMILES string of the molecule is Cc1ccc(S(=O)(=O)N2C[C@@H](c3ccc([N+](=O)[O-])cc3)[C@@H]2[N+](=O)[O-])cc1. The van der Waals surface area contributed by atoms with Gasteiger partial charge in [0.25, 0.3) is 11.9 Å². The molecule has 0 spiro atoms. The van der Waals surface area contributed by atoms with Gasteiger partial charge in [-0.2, -0.15) is 0 Å². The number of benzene rings is 2. The van der Waals surface area contributed by atoms with Gasteiger partial charge in [0.2, 0.25) is 10.0 Å². The number of hydrogen-bond donors (Lipinski definition) is 0. The third-order valence-electron chi connectivity index (χ3n) is 4.41. The normalized spacial score (nSPS) is 20.3. The van der Waals surface area contributed by atoms with Crippen molar-refractivity contribution in [3.8, 4) is 0 Å². The highest BCUT2D eigenvalue weighted by molar-refractivity contribution is 7.89. The van der Waals surface area contributed by atoms with E-state index in [-0.39, 0.29) is 17.1 Å². The Balaban J connectivity index is 1.88. The Morgan fingerprint density at radius 2 is 1.58 bits per heavy atom. The smallest absolute Gasteiger partial charge is 0.263 e. The van der Waals surface area contributed by atoms with Gasteiger partial charge < -0.3 is 0 Å². The molecule has 1 saturated heterocycles. The fourth-order valence-electron chi connectivity index (χ4n) is 2.92. The number of rotatable bonds is 5. The molecular formula is C16H15N3O6S. The van der Waals surface area contributed by atoms with Crippen molar-refractivity contribution in [1.29, 1.82) is 0 Å². The first-order valence-corrected chi connectivity index (χ1v) is 9.12. The van der Waals surface area contributed by atoms with E-state index >= 15 is 0 Å². The lowest BCUT2D eigenvalue weighted by molar-refractivity contribution is -0.563. The van der Waals surface area contributed by atoms with E-state index in [0.717, 1.165) is 9.87 Å². The molecule has 1 heterocycles. The first-order chi connectivity index (χ1) is 12.2. The summed E-state index contributed by atoms with van der Waals surface area (Å²) in [5, 5.41) is 22.2. The molecule has 3 rings (SSSR count). The Morgan fingerprint density at radius 3 is 2.08 bits per heavy atom. The zero-order chi connectivity index (χ0) is 19.1. The van der Waals surface area contributed by atoms with E-state index in [1.165, 1.54) is 36.4 Å². The first kappa shape index (κ1) is 18.0. The lowest BCUT2D eigenvalue weighted by atomic mass is 9.90. The van der Waals surface area contributed by atoms with E-state index in [1.807, 2.05) is 6.92 Å². The summed E-state index contributed by atoms with van der Waals surface area (Å²) in [4.78, 5) is 21.0. The Bertz CT molecular complexity index is 956. The van der Waals surface area contributed by atoms with Gasteiger partial charge in [-0.1, -0.05) is 29.8 Å². The van der Waals surface area contributed by atoms with E-state index < -0.39 is 32.0 Å². The quantitative estimate of drug-likeness (QED) is 0.582. The van der Waals surface area contributed by atoms with Crippen molar-refractivity contribution in [2.45, 2.75) is 23.9 Å². The average Bonchev–Trinajstić information content (AvgIpc) is 2.54. The van der Waals surface area contributed by atoms with Gasteiger partial charge in [-0.05, 0) is 24.6 Å². The maximum absolute atomic E-state index is 12.7. The van der Waals surface area contributed by atoms with Gasteiger partial charge >= 0.3 is 0 Å². The van der Waals surface area contributed by atoms with Crippen LogP contribution in [0.1, 0.15) is 17.0 Å². The van der Waals surface area contributed by atoms with Crippen molar-refractivity contribution >= 4 is 15.7 Å². The molecule has 0 bridgehead atoms. The van der Waals surface area contributed by atoms with Crippen LogP contribution in [0.2, 0.25) is 0 Å². The van der Waals surface area contributed by atoms with E-state index in [0.29, 0.717) is 5.56 Å². The number of sulfonamides is 1. The van der Waals surface area contributed by atoms with Gasteiger partial charge in [0.15, 0.2) is 0 Å². The van der Waals surface area contributed by atoms with Crippen LogP contribution in [0.25, 0.3) is 0 Å². The highest BCUT2D eigenvalue weighted by Gasteiger charge is 2.55. The molecule has 1 aliphatic rings. The van der Waals surface area contributed by atoms with Crippen LogP contribution in [0, 0.1) is 27.2 Å². The minimum Gasteiger partial charge on any atom is -0.263 e. The highest BCUT2D eigenvalue weighted by Crippen LogP contribution is 2.39. The molecule has 136 valence electrons. The van der Waals surface area contributed by atoms with Gasteiger partial charge in [0.1, 0.15) is 0 Å². The van der Waals surface area contributed by atoms with Crippen molar-refractivity contribution in [3.05, 3.63) is 79.9 Å². The zero-order valence-electron chi connectivity index (χ0n) is 13.7. The monoisotopic (exact) mass is 377 g/mol. The van der Waals surface area contributed by atoms with E-state index in [1.54, 1.807) is 12.1 Å². The first-order valence-electron chi connectivity index (χ1n) is 7.68. The molecule has 1 fully saturated rings. The average molecular weight is 377 g/mol. The summed E-state index contributed by atoms with van der Waals surface area (Å²) in [6.07, 6.45) is -1.44. The van der Waals surface area contributed by atoms with Crippen LogP contribution in [0.3, 0.4) is 0 Å². The number of nitro groups is 2. The predicted octanol–water partition coefficient (Wildman–Crippen LogP) is 2.29. The summed E-state index contributed by atoms with van der Waals surface area (Å²) in [5.41, 5.74) is 1.24. The maximum Gasteiger partial charge on any atom is 0.289 e. The number of hydrogen-bond acceptors (Lipinski definition) is 6. The Kier molecular flexibility index (Phi) is 4.46. The summed E-state index contributed by atoms with van der Waals surface area (Å²) in [6.45, 7) is 1.75. The molecule has 0 aromatic heterocycles. The minimum absolute atomic E-state index is 0.00269. The lowest BCUT2D eigenvalue weighted by Gasteiger charge is -2.40. The van der Waals surface area contributed by atoms with Gasteiger partial charge in [0.05, 0.1) is 15.7 Å². The van der Waals surface area contributed by atoms with Gasteiger partial charge in [-0.25, -0.2) is 8.42 Å². The van der Waals surface area contributed by atoms with Crippen molar-refractivity contribution in [3.63, 3.8) is 0 Å². The number of aryl methyl sites for hydroxylation is 1. The molecule has 9 nitrogen and oxygen atoms in total. The highest BCUT2D eigenvalue weighted by atomic mass is 32.2. The molecule has 0 saturated carbocycles. The van der Waals surface area contributed by atoms with Gasteiger partial charge in [-0.15, -0.1) is 4.31 Å². The second kappa shape index (κ2) is 6.46. The van der Waals surface area contributed by atoms with Crippen molar-refractivity contribution < 1.29 is 18.3 Å². The van der Waals surface area contributed by atoms with Gasteiger partial charge in [0, 0.05) is 23.6 Å². The van der Waals surface area contributed by atoms with Crippen molar-refractivity contribution in [2.75, 3.05) is 6.54 Å². The second-order valence-electron chi connectivity index (χ2n) is 6.04. The molecule has 0 unspecified atom stereocenters. The molecule has 2 aromatic carbocycles. The molecule has 1 aliphatic heterocycles. The third kappa shape index (κ3) is 3.04. The lowest BCUT2D eigenvalue weighted by Crippen LogP contribution is -2.60. The molecule has 0 N–H and O–H groups in total. The molecule has 0 amide bonds. The molecule has 26 heavy (non-hydrogen) atoms. The van der Waals surface area contributed by atoms with Crippen LogP contribution in [0.15, 0.2) is 53.4 Å². The molecule has 0 radical (unpaired) electrons. The summed E-state index contributed by atoms with van der Waals surface area (Å²) >= 11 is 0. The number of nitrogens with zero attached hydrogens (tertiary/aromatic N) is 3. The van der Waals surface area contributed by atoms with E-state index in [2.05, 4.69) is 0 Å². The summed E-state index contributed by atoms with van der Waals surface area (Å²) in [7, 11) is -3.99. The molecular weight excluding hydrogens is 362 g/mol. The van der Waals surface area contributed by atoms with E-state index in [4.69, 9.17) is 0 Å². The summed E-state index contributed by atoms with van der Waals surface area (Å²) in [6, 6.07) is 11.4. The van der Waals surface area contributed by atoms with E-state index in [9.17, 15) is 28.6 Å². The fourth-order valence-corrected chi connectivity index (χ4v) is 4.53. The van der Waals surface area contributed by atoms with Crippen molar-refractivity contribution in [1.82, 2.24) is 4.31 Å². The molecule has 0 aliphatic carbocycles. The summed E-state index contributed by atoms with van der Waals surface area (Å²) in [5.74, 6) is -0.661. The Morgan fingerprint density at radius 1 is 1.00 bits per heavy atom. The molecule has 2 atom stereocenters. The molecule has 2 aromatic rings. The van der Waals surface area contributed by atoms with Crippen LogP contribution in [0.4, 0.5) is 5.69 Å². The number of nitro benzene ring substituents is 1. The fraction of sp³-hybridized carbons (Fsp3) is 0.250. The molecule has 10 heteroatoms. The predicted molar refractivity (Wildman–Crippen MR) is 91.7 cm³/mol. The second-order valence-corrected chi connectivity index (χ2v) is 7.93. The topological polar surface area (TPSA) is 124 Å². The zero-order valence-corrected chi connectivity index (χ0v) is 14.5. The van der Waals surface area contributed by atoms with Crippen molar-refractivity contribution in [2.24, 2.45) is 0 Å². The maximum atomic E-state index is 12.7. The van der Waals surface area contributed by atoms with Crippen LogP contribution in [0.5, 0.6) is 0 Å². The largest absolute Gasteiger partial charge is 0.289 e. The van der Waals surface area contributed by atoms with Crippen LogP contribution in [-0.4, -0.2) is 35.3 Å². The van der Waals surface area contributed by atoms with Crippen LogP contribution in [-0.2, 0) is 10.0 Å². The standard InChI is InChI=1S/C16H15N3O6S/c1-11-2-8-14(9-3-11)26(24,25)17-10-15(16(17)19(22)23)12-4-6-13(7-5-12)18(20)21/h2-9,15-16H,10H2,1H3/t15-,16-/m0/s1. The number of non-ortho nitro benzene ring substituents is 1. The third-order valence-corrected chi connectivity index (χ3v) is 6.26. The van der Waals surface area contributed by atoms with Crippen LogP contribution < -0.4 is 0 Å². The van der Waals surface area contributed by atoms with Gasteiger partial charge in [-0.3, -0.25) is 20.2 Å². The minimum atomic E-state index is -3.99. The Hall–Kier alpha value is -2.85.